The number of piperidine rings is 1. The molecule has 7 nitrogen and oxygen atoms in total. The Labute approximate surface area is 138 Å². The predicted octanol–water partition coefficient (Wildman–Crippen LogP) is 1.78. The number of anilines is 1. The number of hydrogen-bond donors (Lipinski definition) is 2. The number of benzene rings is 1. The smallest absolute Gasteiger partial charge is 0.255 e. The fraction of sp³-hybridized carbons (Fsp3) is 0.400. The summed E-state index contributed by atoms with van der Waals surface area (Å²) < 4.78 is 1.55. The van der Waals surface area contributed by atoms with E-state index in [-0.39, 0.29) is 17.6 Å². The number of nitrogens with two attached hydrogens (primary N) is 1. The molecule has 2 aromatic rings. The van der Waals surface area contributed by atoms with Crippen molar-refractivity contribution in [1.29, 1.82) is 0 Å². The topological polar surface area (TPSA) is 97.3 Å². The maximum Gasteiger partial charge on any atom is 0.255 e. The number of phenols is 1. The average Bonchev–Trinajstić information content (AvgIpc) is 2.88. The number of phenolic OH excluding ortho intramolecular Hbond substituents is 1. The number of aromatic hydroxyl groups is 1. The number of nitrogens with zero attached hydrogens (tertiary/aromatic N) is 4. The molecule has 0 radical (unpaired) electrons. The first-order valence-electron chi connectivity index (χ1n) is 7.40. The summed E-state index contributed by atoms with van der Waals surface area (Å²) in [6, 6.07) is 4.39. The highest BCUT2D eigenvalue weighted by atomic mass is 35.5. The number of hydrogen-bond acceptors (Lipinski definition) is 5. The monoisotopic (exact) mass is 335 g/mol. The molecule has 0 spiro atoms. The van der Waals surface area contributed by atoms with Gasteiger partial charge in [0, 0.05) is 26.1 Å². The van der Waals surface area contributed by atoms with Gasteiger partial charge in [0.1, 0.15) is 5.75 Å². The van der Waals surface area contributed by atoms with E-state index in [0.717, 1.165) is 18.7 Å². The Morgan fingerprint density at radius 1 is 1.39 bits per heavy atom. The molecule has 122 valence electrons. The molecular formula is C15H18ClN5O2. The Bertz CT molecular complexity index is 718. The number of aromatic nitrogens is 3. The summed E-state index contributed by atoms with van der Waals surface area (Å²) in [6.07, 6.45) is 1.54. The highest BCUT2D eigenvalue weighted by molar-refractivity contribution is 6.33. The number of carbonyl (C=O) groups excluding carboxylic acids is 1. The maximum absolute atomic E-state index is 12.5. The molecule has 1 aromatic carbocycles. The van der Waals surface area contributed by atoms with Crippen LogP contribution in [0.25, 0.3) is 0 Å². The van der Waals surface area contributed by atoms with Gasteiger partial charge in [0.15, 0.2) is 5.82 Å². The van der Waals surface area contributed by atoms with Gasteiger partial charge in [-0.15, -0.1) is 0 Å². The van der Waals surface area contributed by atoms with Crippen LogP contribution in [0.15, 0.2) is 18.2 Å². The number of halogens is 1. The normalized spacial score (nSPS) is 15.8. The second-order valence-corrected chi connectivity index (χ2v) is 6.09. The molecular weight excluding hydrogens is 318 g/mol. The second kappa shape index (κ2) is 6.08. The average molecular weight is 336 g/mol. The summed E-state index contributed by atoms with van der Waals surface area (Å²) >= 11 is 6.06. The van der Waals surface area contributed by atoms with E-state index < -0.39 is 0 Å². The minimum atomic E-state index is -0.169. The molecule has 1 aliphatic rings. The van der Waals surface area contributed by atoms with Crippen molar-refractivity contribution < 1.29 is 9.90 Å². The number of amides is 1. The van der Waals surface area contributed by atoms with Gasteiger partial charge in [-0.3, -0.25) is 4.79 Å². The molecule has 23 heavy (non-hydrogen) atoms. The van der Waals surface area contributed by atoms with Crippen LogP contribution in [0.3, 0.4) is 0 Å². The van der Waals surface area contributed by atoms with Crippen molar-refractivity contribution in [2.45, 2.75) is 18.8 Å². The van der Waals surface area contributed by atoms with Crippen LogP contribution in [-0.4, -0.2) is 43.8 Å². The van der Waals surface area contributed by atoms with Crippen LogP contribution in [0.5, 0.6) is 5.75 Å². The van der Waals surface area contributed by atoms with E-state index in [9.17, 15) is 9.90 Å². The molecule has 1 aromatic heterocycles. The number of aryl methyl sites for hydroxylation is 1. The second-order valence-electron chi connectivity index (χ2n) is 5.68. The lowest BCUT2D eigenvalue weighted by atomic mass is 9.95. The first-order chi connectivity index (χ1) is 11.0. The molecule has 3 N–H and O–H groups in total. The van der Waals surface area contributed by atoms with Gasteiger partial charge in [0.05, 0.1) is 10.6 Å². The Hall–Kier alpha value is -2.28. The van der Waals surface area contributed by atoms with Gasteiger partial charge < -0.3 is 15.7 Å². The first-order valence-corrected chi connectivity index (χ1v) is 7.77. The number of rotatable bonds is 2. The van der Waals surface area contributed by atoms with Gasteiger partial charge in [-0.25, -0.2) is 4.68 Å². The Morgan fingerprint density at radius 2 is 2.09 bits per heavy atom. The lowest BCUT2D eigenvalue weighted by Gasteiger charge is -2.31. The van der Waals surface area contributed by atoms with Gasteiger partial charge in [-0.05, 0) is 31.0 Å². The van der Waals surface area contributed by atoms with E-state index in [1.807, 2.05) is 0 Å². The standard InChI is InChI=1S/C15H18ClN5O2/c1-20-15(17)18-13(19-20)9-4-6-21(7-5-9)14(23)11-8-10(22)2-3-12(11)16/h2-3,8-9,22H,4-7H2,1H3,(H2,17,18,19). The predicted molar refractivity (Wildman–Crippen MR) is 86.4 cm³/mol. The van der Waals surface area contributed by atoms with Crippen molar-refractivity contribution in [3.05, 3.63) is 34.6 Å². The van der Waals surface area contributed by atoms with E-state index >= 15 is 0 Å². The number of likely N-dealkylation sites (tertiary alicyclic amines) is 1. The van der Waals surface area contributed by atoms with Crippen LogP contribution in [0.2, 0.25) is 5.02 Å². The summed E-state index contributed by atoms with van der Waals surface area (Å²) in [4.78, 5) is 18.5. The quantitative estimate of drug-likeness (QED) is 0.871. The molecule has 1 amide bonds. The highest BCUT2D eigenvalue weighted by Gasteiger charge is 2.28. The molecule has 1 fully saturated rings. The zero-order chi connectivity index (χ0) is 16.6. The summed E-state index contributed by atoms with van der Waals surface area (Å²) in [6.45, 7) is 1.18. The van der Waals surface area contributed by atoms with Gasteiger partial charge in [-0.1, -0.05) is 11.6 Å². The molecule has 3 rings (SSSR count). The van der Waals surface area contributed by atoms with E-state index in [2.05, 4.69) is 10.1 Å². The lowest BCUT2D eigenvalue weighted by molar-refractivity contribution is 0.0711. The van der Waals surface area contributed by atoms with Crippen molar-refractivity contribution in [2.75, 3.05) is 18.8 Å². The molecule has 0 atom stereocenters. The molecule has 1 aliphatic heterocycles. The van der Waals surface area contributed by atoms with E-state index in [1.165, 1.54) is 18.2 Å². The molecule has 8 heteroatoms. The molecule has 2 heterocycles. The lowest BCUT2D eigenvalue weighted by Crippen LogP contribution is -2.38. The SMILES string of the molecule is Cn1nc(C2CCN(C(=O)c3cc(O)ccc3Cl)CC2)nc1N. The van der Waals surface area contributed by atoms with Crippen LogP contribution in [0.4, 0.5) is 5.95 Å². The molecule has 0 aliphatic carbocycles. The van der Waals surface area contributed by atoms with Crippen molar-refractivity contribution in [3.63, 3.8) is 0 Å². The zero-order valence-electron chi connectivity index (χ0n) is 12.7. The van der Waals surface area contributed by atoms with Crippen LogP contribution in [-0.2, 0) is 7.05 Å². The largest absolute Gasteiger partial charge is 0.508 e. The molecule has 0 unspecified atom stereocenters. The summed E-state index contributed by atoms with van der Waals surface area (Å²) in [7, 11) is 1.76. The maximum atomic E-state index is 12.5. The Kier molecular flexibility index (Phi) is 4.12. The van der Waals surface area contributed by atoms with Crippen LogP contribution in [0.1, 0.15) is 34.9 Å². The Balaban J connectivity index is 1.69. The van der Waals surface area contributed by atoms with Crippen molar-refractivity contribution in [3.8, 4) is 5.75 Å². The summed E-state index contributed by atoms with van der Waals surface area (Å²) in [5, 5.41) is 14.2. The minimum absolute atomic E-state index is 0.0285. The van der Waals surface area contributed by atoms with Crippen molar-refractivity contribution in [2.24, 2.45) is 7.05 Å². The summed E-state index contributed by atoms with van der Waals surface area (Å²) in [5.74, 6) is 1.18. The van der Waals surface area contributed by atoms with Gasteiger partial charge in [-0.2, -0.15) is 10.1 Å². The van der Waals surface area contributed by atoms with E-state index in [1.54, 1.807) is 16.6 Å². The molecule has 0 saturated carbocycles. The van der Waals surface area contributed by atoms with Crippen LogP contribution >= 0.6 is 11.6 Å². The first kappa shape index (κ1) is 15.6. The molecule has 1 saturated heterocycles. The van der Waals surface area contributed by atoms with Crippen molar-refractivity contribution >= 4 is 23.5 Å². The van der Waals surface area contributed by atoms with Crippen LogP contribution < -0.4 is 5.73 Å². The summed E-state index contributed by atoms with van der Waals surface area (Å²) in [5.41, 5.74) is 6.04. The number of nitrogen functional groups attached to an aromatic ring is 1. The minimum Gasteiger partial charge on any atom is -0.508 e. The molecule has 0 bridgehead atoms. The van der Waals surface area contributed by atoms with Crippen LogP contribution in [0, 0.1) is 0 Å². The van der Waals surface area contributed by atoms with Crippen molar-refractivity contribution in [1.82, 2.24) is 19.7 Å². The Morgan fingerprint density at radius 3 is 2.70 bits per heavy atom. The highest BCUT2D eigenvalue weighted by Crippen LogP contribution is 2.29. The van der Waals surface area contributed by atoms with Gasteiger partial charge >= 0.3 is 0 Å². The third-order valence-corrected chi connectivity index (χ3v) is 4.47. The van der Waals surface area contributed by atoms with E-state index in [4.69, 9.17) is 17.3 Å². The zero-order valence-corrected chi connectivity index (χ0v) is 13.5. The fourth-order valence-electron chi connectivity index (χ4n) is 2.78. The fourth-order valence-corrected chi connectivity index (χ4v) is 2.98. The third kappa shape index (κ3) is 3.10. The third-order valence-electron chi connectivity index (χ3n) is 4.14. The van der Waals surface area contributed by atoms with E-state index in [0.29, 0.717) is 29.6 Å². The van der Waals surface area contributed by atoms with Gasteiger partial charge in [0.25, 0.3) is 5.91 Å². The van der Waals surface area contributed by atoms with Gasteiger partial charge in [0.2, 0.25) is 5.95 Å². The number of carbonyl (C=O) groups is 1.